The first-order valence-electron chi connectivity index (χ1n) is 9.59. The van der Waals surface area contributed by atoms with E-state index in [1.807, 2.05) is 0 Å². The Hall–Kier alpha value is -3.19. The van der Waals surface area contributed by atoms with Crippen LogP contribution in [0.1, 0.15) is 11.4 Å². The number of para-hydroxylation sites is 4. The molecule has 7 heteroatoms. The second-order valence-electron chi connectivity index (χ2n) is 7.47. The van der Waals surface area contributed by atoms with Gasteiger partial charge in [0.05, 0.1) is 33.5 Å². The Kier molecular flexibility index (Phi) is 3.27. The van der Waals surface area contributed by atoms with Gasteiger partial charge in [-0.05, 0) is 49.9 Å². The van der Waals surface area contributed by atoms with E-state index < -0.39 is 0 Å². The van der Waals surface area contributed by atoms with E-state index in [4.69, 9.17) is 9.97 Å². The molecule has 0 aliphatic rings. The Labute approximate surface area is 171 Å². The third-order valence-electron chi connectivity index (χ3n) is 5.72. The van der Waals surface area contributed by atoms with Gasteiger partial charge in [0.15, 0.2) is 0 Å². The number of aromatic nitrogens is 6. The maximum atomic E-state index is 4.88. The Morgan fingerprint density at radius 3 is 1.41 bits per heavy atom. The first-order chi connectivity index (χ1) is 14.1. The van der Waals surface area contributed by atoms with Crippen molar-refractivity contribution in [2.75, 3.05) is 0 Å². The third-order valence-corrected chi connectivity index (χ3v) is 7.06. The van der Waals surface area contributed by atoms with E-state index in [-0.39, 0.29) is 0 Å². The Morgan fingerprint density at radius 1 is 0.621 bits per heavy atom. The second kappa shape index (κ2) is 5.67. The third kappa shape index (κ3) is 2.08. The van der Waals surface area contributed by atoms with Crippen molar-refractivity contribution in [2.45, 2.75) is 23.9 Å². The molecular formula is C22H20N6S. The highest BCUT2D eigenvalue weighted by molar-refractivity contribution is 7.99. The molecule has 0 bridgehead atoms. The number of aryl methyl sites for hydroxylation is 4. The highest BCUT2D eigenvalue weighted by Gasteiger charge is 2.22. The average Bonchev–Trinajstić information content (AvgIpc) is 3.40. The van der Waals surface area contributed by atoms with Crippen LogP contribution in [0.25, 0.3) is 33.6 Å². The van der Waals surface area contributed by atoms with Crippen LogP contribution in [-0.4, -0.2) is 27.9 Å². The summed E-state index contributed by atoms with van der Waals surface area (Å²) < 4.78 is 8.84. The van der Waals surface area contributed by atoms with E-state index in [1.165, 1.54) is 22.1 Å². The summed E-state index contributed by atoms with van der Waals surface area (Å²) in [5.41, 5.74) is 6.75. The molecule has 0 unspecified atom stereocenters. The molecule has 0 aliphatic heterocycles. The number of fused-ring (bicyclic) bond motifs is 6. The second-order valence-corrected chi connectivity index (χ2v) is 8.45. The molecule has 6 aromatic rings. The molecule has 0 atom stereocenters. The normalized spacial score (nSPS) is 12.3. The van der Waals surface area contributed by atoms with Gasteiger partial charge < -0.3 is 9.13 Å². The summed E-state index contributed by atoms with van der Waals surface area (Å²) in [7, 11) is 4.15. The minimum atomic E-state index is 0.961. The molecule has 144 valence electrons. The van der Waals surface area contributed by atoms with E-state index in [1.54, 1.807) is 11.8 Å². The summed E-state index contributed by atoms with van der Waals surface area (Å²) in [4.78, 5) is 9.76. The predicted molar refractivity (Wildman–Crippen MR) is 117 cm³/mol. The molecule has 29 heavy (non-hydrogen) atoms. The van der Waals surface area contributed by atoms with Gasteiger partial charge >= 0.3 is 0 Å². The first-order valence-corrected chi connectivity index (χ1v) is 10.4. The molecule has 4 aromatic heterocycles. The number of nitrogens with zero attached hydrogens (tertiary/aromatic N) is 6. The number of imidazole rings is 4. The monoisotopic (exact) mass is 400 g/mol. The molecule has 6 rings (SSSR count). The average molecular weight is 401 g/mol. The molecule has 0 amide bonds. The summed E-state index contributed by atoms with van der Waals surface area (Å²) in [6.45, 7) is 4.17. The van der Waals surface area contributed by atoms with E-state index in [2.05, 4.69) is 94.4 Å². The van der Waals surface area contributed by atoms with Crippen molar-refractivity contribution in [3.8, 4) is 0 Å². The molecule has 0 radical (unpaired) electrons. The Morgan fingerprint density at radius 2 is 1.00 bits per heavy atom. The summed E-state index contributed by atoms with van der Waals surface area (Å²) >= 11 is 1.74. The number of rotatable bonds is 2. The summed E-state index contributed by atoms with van der Waals surface area (Å²) in [5.74, 6) is 1.92. The van der Waals surface area contributed by atoms with Crippen molar-refractivity contribution in [1.82, 2.24) is 27.9 Å². The summed E-state index contributed by atoms with van der Waals surface area (Å²) in [5, 5.41) is 2.27. The topological polar surface area (TPSA) is 44.5 Å². The van der Waals surface area contributed by atoms with Crippen LogP contribution in [0.3, 0.4) is 0 Å². The van der Waals surface area contributed by atoms with Crippen molar-refractivity contribution >= 4 is 45.4 Å². The van der Waals surface area contributed by atoms with Gasteiger partial charge in [-0.1, -0.05) is 24.3 Å². The number of hydrogen-bond acceptors (Lipinski definition) is 3. The minimum Gasteiger partial charge on any atom is -0.313 e. The maximum absolute atomic E-state index is 4.88. The van der Waals surface area contributed by atoms with Crippen molar-refractivity contribution < 1.29 is 0 Å². The smallest absolute Gasteiger partial charge is 0.215 e. The van der Waals surface area contributed by atoms with Crippen molar-refractivity contribution in [3.63, 3.8) is 0 Å². The first kappa shape index (κ1) is 16.7. The van der Waals surface area contributed by atoms with Crippen molar-refractivity contribution in [1.29, 1.82) is 0 Å². The van der Waals surface area contributed by atoms with Gasteiger partial charge in [-0.15, -0.1) is 0 Å². The van der Waals surface area contributed by atoms with Gasteiger partial charge in [0.25, 0.3) is 0 Å². The molecule has 0 aliphatic carbocycles. The fourth-order valence-electron chi connectivity index (χ4n) is 4.30. The van der Waals surface area contributed by atoms with Crippen LogP contribution in [0, 0.1) is 13.8 Å². The molecule has 0 fully saturated rings. The summed E-state index contributed by atoms with van der Waals surface area (Å²) in [6.07, 6.45) is 0. The van der Waals surface area contributed by atoms with E-state index in [9.17, 15) is 0 Å². The number of benzene rings is 2. The van der Waals surface area contributed by atoms with Crippen LogP contribution in [0.4, 0.5) is 0 Å². The van der Waals surface area contributed by atoms with E-state index >= 15 is 0 Å². The summed E-state index contributed by atoms with van der Waals surface area (Å²) in [6, 6.07) is 16.9. The van der Waals surface area contributed by atoms with Crippen LogP contribution in [0.15, 0.2) is 58.6 Å². The fraction of sp³-hybridized carbons (Fsp3) is 0.182. The fourth-order valence-corrected chi connectivity index (χ4v) is 5.42. The lowest BCUT2D eigenvalue weighted by Gasteiger charge is -2.04. The van der Waals surface area contributed by atoms with Crippen LogP contribution in [0.2, 0.25) is 0 Å². The van der Waals surface area contributed by atoms with Gasteiger partial charge in [-0.25, -0.2) is 9.97 Å². The van der Waals surface area contributed by atoms with Gasteiger partial charge in [-0.2, -0.15) is 0 Å². The maximum Gasteiger partial charge on any atom is 0.215 e. The molecule has 0 N–H and O–H groups in total. The molecule has 4 heterocycles. The van der Waals surface area contributed by atoms with Crippen LogP contribution in [0.5, 0.6) is 0 Å². The van der Waals surface area contributed by atoms with Gasteiger partial charge in [-0.3, -0.25) is 8.80 Å². The molecule has 0 saturated carbocycles. The largest absolute Gasteiger partial charge is 0.313 e. The quantitative estimate of drug-likeness (QED) is 0.422. The predicted octanol–water partition coefficient (Wildman–Crippen LogP) is 4.73. The van der Waals surface area contributed by atoms with Crippen LogP contribution < -0.4 is 0 Å². The van der Waals surface area contributed by atoms with E-state index in [0.717, 1.165) is 33.0 Å². The lowest BCUT2D eigenvalue weighted by molar-refractivity contribution is 0.955. The molecule has 0 spiro atoms. The Bertz CT molecular complexity index is 1460. The standard InChI is InChI=1S/C22H20N6S/c1-13-19(27-17-11-7-5-9-15(17)25(3)21(27)23-13)29-20-14(2)24-22-26(4)16-10-6-8-12-18(16)28(20)22/h5-12H,1-4H3. The van der Waals surface area contributed by atoms with E-state index in [0.29, 0.717) is 0 Å². The molecular weight excluding hydrogens is 380 g/mol. The molecule has 6 nitrogen and oxygen atoms in total. The molecule has 2 aromatic carbocycles. The SMILES string of the molecule is Cc1nc2n(C)c3ccccc3n2c1Sc1c(C)nc2n(C)c3ccccc3n12. The lowest BCUT2D eigenvalue weighted by Crippen LogP contribution is -1.90. The lowest BCUT2D eigenvalue weighted by atomic mass is 10.3. The van der Waals surface area contributed by atoms with Gasteiger partial charge in [0.1, 0.15) is 10.1 Å². The van der Waals surface area contributed by atoms with Crippen molar-refractivity contribution in [3.05, 3.63) is 59.9 Å². The highest BCUT2D eigenvalue weighted by Crippen LogP contribution is 2.37. The zero-order chi connectivity index (χ0) is 19.9. The number of hydrogen-bond donors (Lipinski definition) is 0. The van der Waals surface area contributed by atoms with Gasteiger partial charge in [0.2, 0.25) is 11.6 Å². The Balaban J connectivity index is 1.66. The minimum absolute atomic E-state index is 0.961. The highest BCUT2D eigenvalue weighted by atomic mass is 32.2. The van der Waals surface area contributed by atoms with Gasteiger partial charge in [0, 0.05) is 14.1 Å². The zero-order valence-electron chi connectivity index (χ0n) is 16.7. The molecule has 0 saturated heterocycles. The van der Waals surface area contributed by atoms with Crippen molar-refractivity contribution in [2.24, 2.45) is 14.1 Å². The van der Waals surface area contributed by atoms with Crippen LogP contribution >= 0.6 is 11.8 Å². The zero-order valence-corrected chi connectivity index (χ0v) is 17.5. The van der Waals surface area contributed by atoms with Crippen LogP contribution in [-0.2, 0) is 14.1 Å².